The van der Waals surface area contributed by atoms with E-state index in [0.29, 0.717) is 6.42 Å². The van der Waals surface area contributed by atoms with Crippen LogP contribution in [0.4, 0.5) is 0 Å². The van der Waals surface area contributed by atoms with Gasteiger partial charge in [0.1, 0.15) is 12.2 Å². The van der Waals surface area contributed by atoms with E-state index in [2.05, 4.69) is 0 Å². The molecule has 0 saturated carbocycles. The van der Waals surface area contributed by atoms with E-state index in [1.54, 1.807) is 0 Å². The first-order chi connectivity index (χ1) is 5.49. The first kappa shape index (κ1) is 11.8. The molecule has 4 nitrogen and oxygen atoms in total. The molecule has 4 heteroatoms. The summed E-state index contributed by atoms with van der Waals surface area (Å²) in [6.45, 7) is 3.28. The number of rotatable bonds is 5. The molecule has 0 heterocycles. The van der Waals surface area contributed by atoms with E-state index >= 15 is 0 Å². The first-order valence-electron chi connectivity index (χ1n) is 4.14. The van der Waals surface area contributed by atoms with Gasteiger partial charge in [-0.25, -0.2) is 0 Å². The normalized spacial score (nSPS) is 19.2. The summed E-state index contributed by atoms with van der Waals surface area (Å²) >= 11 is 0. The zero-order valence-electron chi connectivity index (χ0n) is 7.51. The molecular formula is C8H18O4. The molecule has 4 N–H and O–H groups in total. The average molecular weight is 178 g/mol. The molecule has 0 fully saturated rings. The van der Waals surface area contributed by atoms with Crippen LogP contribution in [0.25, 0.3) is 0 Å². The molecule has 0 bridgehead atoms. The van der Waals surface area contributed by atoms with Gasteiger partial charge in [-0.3, -0.25) is 0 Å². The SMILES string of the molecule is CC(C)CC(O)[C@H](O)[C@@H](O)CO. The summed E-state index contributed by atoms with van der Waals surface area (Å²) < 4.78 is 0. The van der Waals surface area contributed by atoms with Crippen molar-refractivity contribution in [2.75, 3.05) is 6.61 Å². The van der Waals surface area contributed by atoms with E-state index in [-0.39, 0.29) is 5.92 Å². The molecular weight excluding hydrogens is 160 g/mol. The second kappa shape index (κ2) is 5.48. The van der Waals surface area contributed by atoms with E-state index in [1.807, 2.05) is 13.8 Å². The van der Waals surface area contributed by atoms with Crippen molar-refractivity contribution < 1.29 is 20.4 Å². The second-order valence-corrected chi connectivity index (χ2v) is 3.44. The summed E-state index contributed by atoms with van der Waals surface area (Å²) in [4.78, 5) is 0. The lowest BCUT2D eigenvalue weighted by atomic mass is 9.99. The van der Waals surface area contributed by atoms with Gasteiger partial charge in [0, 0.05) is 0 Å². The van der Waals surface area contributed by atoms with Gasteiger partial charge in [0.05, 0.1) is 12.7 Å². The molecule has 0 amide bonds. The molecule has 0 aromatic carbocycles. The number of hydrogen-bond acceptors (Lipinski definition) is 4. The third kappa shape index (κ3) is 4.01. The summed E-state index contributed by atoms with van der Waals surface area (Å²) in [5, 5.41) is 35.9. The molecule has 74 valence electrons. The molecule has 0 aliphatic heterocycles. The molecule has 0 rings (SSSR count). The van der Waals surface area contributed by atoms with Crippen LogP contribution in [0.3, 0.4) is 0 Å². The van der Waals surface area contributed by atoms with Crippen LogP contribution in [-0.2, 0) is 0 Å². The Morgan fingerprint density at radius 2 is 1.50 bits per heavy atom. The maximum Gasteiger partial charge on any atom is 0.108 e. The Bertz CT molecular complexity index is 116. The molecule has 0 spiro atoms. The molecule has 0 aromatic rings. The van der Waals surface area contributed by atoms with Crippen LogP contribution in [-0.4, -0.2) is 45.3 Å². The van der Waals surface area contributed by atoms with Gasteiger partial charge in [-0.15, -0.1) is 0 Å². The van der Waals surface area contributed by atoms with Gasteiger partial charge in [0.2, 0.25) is 0 Å². The third-order valence-electron chi connectivity index (χ3n) is 1.69. The van der Waals surface area contributed by atoms with E-state index in [0.717, 1.165) is 0 Å². The first-order valence-corrected chi connectivity index (χ1v) is 4.14. The summed E-state index contributed by atoms with van der Waals surface area (Å²) in [7, 11) is 0. The maximum absolute atomic E-state index is 9.27. The highest BCUT2D eigenvalue weighted by Gasteiger charge is 2.24. The Morgan fingerprint density at radius 1 is 1.00 bits per heavy atom. The molecule has 0 aromatic heterocycles. The van der Waals surface area contributed by atoms with Gasteiger partial charge in [0.15, 0.2) is 0 Å². The standard InChI is InChI=1S/C8H18O4/c1-5(2)3-6(10)8(12)7(11)4-9/h5-12H,3-4H2,1-2H3/t6?,7-,8-/m0/s1. The van der Waals surface area contributed by atoms with Crippen molar-refractivity contribution in [3.8, 4) is 0 Å². The maximum atomic E-state index is 9.27. The van der Waals surface area contributed by atoms with Gasteiger partial charge >= 0.3 is 0 Å². The monoisotopic (exact) mass is 178 g/mol. The van der Waals surface area contributed by atoms with Gasteiger partial charge in [-0.05, 0) is 12.3 Å². The summed E-state index contributed by atoms with van der Waals surface area (Å²) in [6, 6.07) is 0. The summed E-state index contributed by atoms with van der Waals surface area (Å²) in [6.07, 6.45) is -3.05. The van der Waals surface area contributed by atoms with Crippen LogP contribution >= 0.6 is 0 Å². The lowest BCUT2D eigenvalue weighted by molar-refractivity contribution is -0.0812. The topological polar surface area (TPSA) is 80.9 Å². The molecule has 0 radical (unpaired) electrons. The molecule has 12 heavy (non-hydrogen) atoms. The Balaban J connectivity index is 3.83. The summed E-state index contributed by atoms with van der Waals surface area (Å²) in [5.41, 5.74) is 0. The molecule has 3 atom stereocenters. The van der Waals surface area contributed by atoms with Gasteiger partial charge in [-0.1, -0.05) is 13.8 Å². The van der Waals surface area contributed by atoms with Crippen LogP contribution in [0.5, 0.6) is 0 Å². The van der Waals surface area contributed by atoms with Gasteiger partial charge in [0.25, 0.3) is 0 Å². The molecule has 0 aliphatic rings. The fraction of sp³-hybridized carbons (Fsp3) is 1.00. The Labute approximate surface area is 72.5 Å². The van der Waals surface area contributed by atoms with E-state index in [1.165, 1.54) is 0 Å². The highest BCUT2D eigenvalue weighted by atomic mass is 16.4. The van der Waals surface area contributed by atoms with Crippen LogP contribution < -0.4 is 0 Å². The quantitative estimate of drug-likeness (QED) is 0.440. The molecule has 0 aliphatic carbocycles. The number of aliphatic hydroxyl groups excluding tert-OH is 4. The van der Waals surface area contributed by atoms with Gasteiger partial charge in [-0.2, -0.15) is 0 Å². The Hall–Kier alpha value is -0.160. The average Bonchev–Trinajstić information content (AvgIpc) is 2.00. The minimum Gasteiger partial charge on any atom is -0.394 e. The Morgan fingerprint density at radius 3 is 1.83 bits per heavy atom. The van der Waals surface area contributed by atoms with Crippen molar-refractivity contribution in [3.63, 3.8) is 0 Å². The minimum absolute atomic E-state index is 0.251. The summed E-state index contributed by atoms with van der Waals surface area (Å²) in [5.74, 6) is 0.251. The zero-order chi connectivity index (χ0) is 9.72. The minimum atomic E-state index is -1.25. The van der Waals surface area contributed by atoms with Crippen molar-refractivity contribution in [2.45, 2.75) is 38.6 Å². The highest BCUT2D eigenvalue weighted by Crippen LogP contribution is 2.10. The molecule has 0 saturated heterocycles. The van der Waals surface area contributed by atoms with Crippen LogP contribution in [0.2, 0.25) is 0 Å². The lowest BCUT2D eigenvalue weighted by Gasteiger charge is -2.22. The predicted molar refractivity (Wildman–Crippen MR) is 44.6 cm³/mol. The van der Waals surface area contributed by atoms with E-state index in [9.17, 15) is 10.2 Å². The zero-order valence-corrected chi connectivity index (χ0v) is 7.51. The van der Waals surface area contributed by atoms with Gasteiger partial charge < -0.3 is 20.4 Å². The van der Waals surface area contributed by atoms with Crippen molar-refractivity contribution in [3.05, 3.63) is 0 Å². The van der Waals surface area contributed by atoms with Crippen LogP contribution in [0.15, 0.2) is 0 Å². The molecule has 1 unspecified atom stereocenters. The van der Waals surface area contributed by atoms with Crippen molar-refractivity contribution in [2.24, 2.45) is 5.92 Å². The predicted octanol–water partition coefficient (Wildman–Crippen LogP) is -0.893. The Kier molecular flexibility index (Phi) is 5.41. The van der Waals surface area contributed by atoms with E-state index in [4.69, 9.17) is 10.2 Å². The van der Waals surface area contributed by atoms with Crippen molar-refractivity contribution >= 4 is 0 Å². The second-order valence-electron chi connectivity index (χ2n) is 3.44. The van der Waals surface area contributed by atoms with Crippen LogP contribution in [0.1, 0.15) is 20.3 Å². The fourth-order valence-electron chi connectivity index (χ4n) is 0.987. The largest absolute Gasteiger partial charge is 0.394 e. The van der Waals surface area contributed by atoms with E-state index < -0.39 is 24.9 Å². The third-order valence-corrected chi connectivity index (χ3v) is 1.69. The van der Waals surface area contributed by atoms with Crippen molar-refractivity contribution in [1.82, 2.24) is 0 Å². The lowest BCUT2D eigenvalue weighted by Crippen LogP contribution is -2.40. The van der Waals surface area contributed by atoms with Crippen LogP contribution in [0, 0.1) is 5.92 Å². The number of aliphatic hydroxyl groups is 4. The van der Waals surface area contributed by atoms with Crippen molar-refractivity contribution in [1.29, 1.82) is 0 Å². The fourth-order valence-corrected chi connectivity index (χ4v) is 0.987. The highest BCUT2D eigenvalue weighted by molar-refractivity contribution is 4.75. The smallest absolute Gasteiger partial charge is 0.108 e. The number of hydrogen-bond donors (Lipinski definition) is 4.